The Hall–Kier alpha value is -2.91. The Morgan fingerprint density at radius 2 is 1.68 bits per heavy atom. The zero-order valence-electron chi connectivity index (χ0n) is 21.1. The quantitative estimate of drug-likeness (QED) is 0.342. The van der Waals surface area contributed by atoms with Gasteiger partial charge >= 0.3 is 6.18 Å². The van der Waals surface area contributed by atoms with Crippen molar-refractivity contribution in [1.82, 2.24) is 9.46 Å². The molecule has 1 aromatic heterocycles. The van der Waals surface area contributed by atoms with Crippen molar-refractivity contribution in [2.45, 2.75) is 62.4 Å². The van der Waals surface area contributed by atoms with E-state index in [0.717, 1.165) is 55.7 Å². The lowest BCUT2D eigenvalue weighted by Crippen LogP contribution is -2.46. The van der Waals surface area contributed by atoms with Crippen LogP contribution in [0.2, 0.25) is 0 Å². The Labute approximate surface area is 220 Å². The second-order valence-electron chi connectivity index (χ2n) is 11.0. The lowest BCUT2D eigenvalue weighted by molar-refractivity contribution is -0.137. The van der Waals surface area contributed by atoms with E-state index in [1.54, 1.807) is 22.5 Å². The van der Waals surface area contributed by atoms with Crippen LogP contribution in [0.5, 0.6) is 0 Å². The number of nitrogens with zero attached hydrogens (tertiary/aromatic N) is 2. The summed E-state index contributed by atoms with van der Waals surface area (Å²) in [7, 11) is -3.52. The summed E-state index contributed by atoms with van der Waals surface area (Å²) in [4.78, 5) is 0.319. The molecule has 6 rings (SSSR count). The molecule has 3 aromatic rings. The molecule has 0 radical (unpaired) electrons. The molecule has 2 saturated carbocycles. The fraction of sp³-hybridized carbons (Fsp3) is 0.414. The van der Waals surface area contributed by atoms with Gasteiger partial charge in [0.15, 0.2) is 0 Å². The number of aryl methyl sites for hydroxylation is 1. The summed E-state index contributed by atoms with van der Waals surface area (Å²) >= 11 is 0. The van der Waals surface area contributed by atoms with Crippen LogP contribution in [-0.2, 0) is 16.2 Å². The monoisotopic (exact) mass is 542 g/mol. The summed E-state index contributed by atoms with van der Waals surface area (Å²) in [6.45, 7) is 2.86. The van der Waals surface area contributed by atoms with Crippen LogP contribution in [0.15, 0.2) is 63.5 Å². The highest BCUT2D eigenvalue weighted by molar-refractivity contribution is 7.89. The Morgan fingerprint density at radius 1 is 1.03 bits per heavy atom. The average Bonchev–Trinajstić information content (AvgIpc) is 3.63. The number of alkyl halides is 3. The van der Waals surface area contributed by atoms with E-state index in [9.17, 15) is 21.6 Å². The Bertz CT molecular complexity index is 1480. The molecule has 2 aromatic carbocycles. The Kier molecular flexibility index (Phi) is 6.07. The van der Waals surface area contributed by atoms with Crippen LogP contribution in [0.3, 0.4) is 0 Å². The van der Waals surface area contributed by atoms with Crippen molar-refractivity contribution in [3.8, 4) is 11.3 Å². The van der Waals surface area contributed by atoms with E-state index in [4.69, 9.17) is 4.52 Å². The zero-order valence-corrected chi connectivity index (χ0v) is 21.9. The topological polar surface area (TPSA) is 63.4 Å². The van der Waals surface area contributed by atoms with Gasteiger partial charge in [0.2, 0.25) is 10.0 Å². The molecule has 5 nitrogen and oxygen atoms in total. The number of allylic oxidation sites excluding steroid dienone is 1. The molecule has 0 unspecified atom stereocenters. The molecule has 200 valence electrons. The number of benzene rings is 2. The van der Waals surface area contributed by atoms with Gasteiger partial charge in [-0.3, -0.25) is 0 Å². The van der Waals surface area contributed by atoms with Gasteiger partial charge in [0.25, 0.3) is 0 Å². The van der Waals surface area contributed by atoms with E-state index in [1.165, 1.54) is 12.1 Å². The average molecular weight is 543 g/mol. The van der Waals surface area contributed by atoms with Gasteiger partial charge in [-0.2, -0.15) is 17.5 Å². The van der Waals surface area contributed by atoms with Gasteiger partial charge in [0.05, 0.1) is 10.5 Å². The summed E-state index contributed by atoms with van der Waals surface area (Å²) in [5.41, 5.74) is 2.41. The minimum Gasteiger partial charge on any atom is -0.360 e. The second kappa shape index (κ2) is 9.09. The third kappa shape index (κ3) is 4.60. The molecule has 0 amide bonds. The molecule has 3 aliphatic rings. The van der Waals surface area contributed by atoms with Crippen LogP contribution >= 0.6 is 0 Å². The second-order valence-corrected chi connectivity index (χ2v) is 12.9. The molecular weight excluding hydrogens is 513 g/mol. The number of hydrogen-bond donors (Lipinski definition) is 0. The fourth-order valence-electron chi connectivity index (χ4n) is 5.85. The predicted octanol–water partition coefficient (Wildman–Crippen LogP) is 7.19. The molecule has 1 saturated heterocycles. The molecule has 2 aliphatic carbocycles. The van der Waals surface area contributed by atoms with E-state index in [2.05, 4.69) is 5.16 Å². The zero-order chi connectivity index (χ0) is 26.7. The van der Waals surface area contributed by atoms with E-state index < -0.39 is 21.8 Å². The molecule has 2 heterocycles. The number of halogens is 3. The van der Waals surface area contributed by atoms with Gasteiger partial charge in [-0.05, 0) is 75.1 Å². The minimum atomic E-state index is -4.49. The molecule has 1 spiro atoms. The smallest absolute Gasteiger partial charge is 0.360 e. The number of aromatic nitrogens is 1. The summed E-state index contributed by atoms with van der Waals surface area (Å²) < 4.78 is 74.6. The normalized spacial score (nSPS) is 19.9. The van der Waals surface area contributed by atoms with Gasteiger partial charge in [-0.25, -0.2) is 8.42 Å². The minimum absolute atomic E-state index is 0.0335. The third-order valence-electron chi connectivity index (χ3n) is 8.19. The highest BCUT2D eigenvalue weighted by Crippen LogP contribution is 2.54. The lowest BCUT2D eigenvalue weighted by atomic mass is 9.60. The van der Waals surface area contributed by atoms with Gasteiger partial charge in [-0.15, -0.1) is 0 Å². The Morgan fingerprint density at radius 3 is 2.32 bits per heavy atom. The maximum atomic E-state index is 13.7. The third-order valence-corrected chi connectivity index (χ3v) is 10.1. The van der Waals surface area contributed by atoms with Crippen LogP contribution in [0, 0.1) is 12.3 Å². The number of sulfonamides is 1. The summed E-state index contributed by atoms with van der Waals surface area (Å²) in [6.07, 6.45) is 2.51. The summed E-state index contributed by atoms with van der Waals surface area (Å²) in [5.74, 6) is 0.870. The SMILES string of the molecule is Cc1ccc(S(=O)(=O)N2CCC3(CC2)CC(=Cc2c(-c4ccccc4C(F)(F)F)noc2C2CC2)C3)cc1. The number of rotatable bonds is 5. The number of hydrogen-bond acceptors (Lipinski definition) is 4. The van der Waals surface area contributed by atoms with Gasteiger partial charge in [-0.1, -0.05) is 46.6 Å². The van der Waals surface area contributed by atoms with E-state index in [0.29, 0.717) is 29.3 Å². The first-order valence-corrected chi connectivity index (χ1v) is 14.4. The van der Waals surface area contributed by atoms with Crippen LogP contribution in [0.1, 0.15) is 66.9 Å². The largest absolute Gasteiger partial charge is 0.417 e. The van der Waals surface area contributed by atoms with Gasteiger partial charge < -0.3 is 4.52 Å². The maximum absolute atomic E-state index is 13.7. The number of piperidine rings is 1. The first kappa shape index (κ1) is 25.4. The van der Waals surface area contributed by atoms with Crippen molar-refractivity contribution in [2.24, 2.45) is 5.41 Å². The molecular formula is C29H29F3N2O3S. The highest BCUT2D eigenvalue weighted by Gasteiger charge is 2.45. The van der Waals surface area contributed by atoms with Crippen LogP contribution in [0.25, 0.3) is 17.3 Å². The van der Waals surface area contributed by atoms with Crippen molar-refractivity contribution in [1.29, 1.82) is 0 Å². The van der Waals surface area contributed by atoms with Crippen LogP contribution in [0.4, 0.5) is 13.2 Å². The first-order chi connectivity index (χ1) is 18.1. The molecule has 1 aliphatic heterocycles. The van der Waals surface area contributed by atoms with Crippen molar-refractivity contribution < 1.29 is 26.1 Å². The molecule has 9 heteroatoms. The summed E-state index contributed by atoms with van der Waals surface area (Å²) in [5, 5.41) is 4.12. The van der Waals surface area contributed by atoms with Gasteiger partial charge in [0, 0.05) is 30.1 Å². The first-order valence-electron chi connectivity index (χ1n) is 13.0. The summed E-state index contributed by atoms with van der Waals surface area (Å²) in [6, 6.07) is 12.4. The lowest BCUT2D eigenvalue weighted by Gasteiger charge is -2.49. The molecule has 3 fully saturated rings. The van der Waals surface area contributed by atoms with E-state index >= 15 is 0 Å². The van der Waals surface area contributed by atoms with Crippen LogP contribution < -0.4 is 0 Å². The van der Waals surface area contributed by atoms with Crippen molar-refractivity contribution in [3.05, 3.63) is 76.6 Å². The van der Waals surface area contributed by atoms with Crippen molar-refractivity contribution in [3.63, 3.8) is 0 Å². The highest BCUT2D eigenvalue weighted by atomic mass is 32.2. The predicted molar refractivity (Wildman–Crippen MR) is 138 cm³/mol. The van der Waals surface area contributed by atoms with Gasteiger partial charge in [0.1, 0.15) is 11.5 Å². The van der Waals surface area contributed by atoms with Crippen LogP contribution in [-0.4, -0.2) is 31.0 Å². The molecule has 0 N–H and O–H groups in total. The maximum Gasteiger partial charge on any atom is 0.417 e. The molecule has 38 heavy (non-hydrogen) atoms. The van der Waals surface area contributed by atoms with Crippen molar-refractivity contribution in [2.75, 3.05) is 13.1 Å². The fourth-order valence-corrected chi connectivity index (χ4v) is 7.29. The van der Waals surface area contributed by atoms with E-state index in [-0.39, 0.29) is 22.6 Å². The Balaban J connectivity index is 1.21. The van der Waals surface area contributed by atoms with Crippen molar-refractivity contribution >= 4 is 16.1 Å². The van der Waals surface area contributed by atoms with E-state index in [1.807, 2.05) is 25.1 Å². The standard InChI is InChI=1S/C29H29F3N2O3S/c1-19-6-10-22(11-7-19)38(35,36)34-14-12-28(13-15-34)17-20(18-28)16-24-26(33-37-27(24)21-8-9-21)23-4-2-3-5-25(23)29(30,31)32/h2-7,10-11,16,21H,8-9,12-15,17-18H2,1H3. The molecule has 0 bridgehead atoms. The molecule has 0 atom stereocenters.